The van der Waals surface area contributed by atoms with E-state index >= 15 is 0 Å². The number of likely N-dealkylation sites (tertiary alicyclic amines) is 1. The van der Waals surface area contributed by atoms with Crippen molar-refractivity contribution in [1.29, 1.82) is 0 Å². The second-order valence-corrected chi connectivity index (χ2v) is 10.0. The highest BCUT2D eigenvalue weighted by atomic mass is 16.2. The highest BCUT2D eigenvalue weighted by Crippen LogP contribution is 2.38. The van der Waals surface area contributed by atoms with Crippen LogP contribution in [-0.4, -0.2) is 48.8 Å². The molecule has 0 spiro atoms. The molecule has 2 aromatic rings. The summed E-state index contributed by atoms with van der Waals surface area (Å²) in [5.41, 5.74) is 4.39. The fraction of sp³-hybridized carbons (Fsp3) is 0.448. The van der Waals surface area contributed by atoms with Crippen LogP contribution in [0.3, 0.4) is 0 Å². The molecule has 2 amide bonds. The predicted molar refractivity (Wildman–Crippen MR) is 134 cm³/mol. The van der Waals surface area contributed by atoms with Crippen LogP contribution in [0.5, 0.6) is 0 Å². The van der Waals surface area contributed by atoms with E-state index in [9.17, 15) is 9.59 Å². The monoisotopic (exact) mass is 444 g/mol. The molecule has 174 valence electrons. The van der Waals surface area contributed by atoms with Crippen molar-refractivity contribution in [3.05, 3.63) is 71.8 Å². The summed E-state index contributed by atoms with van der Waals surface area (Å²) in [5.74, 6) is 0.797. The molecule has 1 fully saturated rings. The van der Waals surface area contributed by atoms with Gasteiger partial charge in [-0.1, -0.05) is 60.7 Å². The maximum absolute atomic E-state index is 13.4. The number of hydrogen-bond donors (Lipinski definition) is 0. The molecule has 0 saturated carbocycles. The van der Waals surface area contributed by atoms with E-state index in [1.54, 1.807) is 4.90 Å². The Morgan fingerprint density at radius 2 is 1.82 bits per heavy atom. The van der Waals surface area contributed by atoms with E-state index in [0.717, 1.165) is 12.8 Å². The van der Waals surface area contributed by atoms with Crippen LogP contribution >= 0.6 is 0 Å². The van der Waals surface area contributed by atoms with Gasteiger partial charge in [-0.05, 0) is 67.2 Å². The molecule has 1 atom stereocenters. The van der Waals surface area contributed by atoms with Gasteiger partial charge >= 0.3 is 0 Å². The molecule has 2 aliphatic rings. The molecule has 2 aromatic carbocycles. The largest absolute Gasteiger partial charge is 0.348 e. The third-order valence-electron chi connectivity index (χ3n) is 7.41. The molecule has 0 N–H and O–H groups in total. The number of benzene rings is 2. The van der Waals surface area contributed by atoms with Crippen molar-refractivity contribution in [3.8, 4) is 11.1 Å². The second-order valence-electron chi connectivity index (χ2n) is 10.0. The maximum Gasteiger partial charge on any atom is 0.228 e. The van der Waals surface area contributed by atoms with Crippen molar-refractivity contribution in [2.24, 2.45) is 11.3 Å². The van der Waals surface area contributed by atoms with Crippen molar-refractivity contribution in [2.45, 2.75) is 45.4 Å². The lowest BCUT2D eigenvalue weighted by atomic mass is 9.72. The fourth-order valence-electron chi connectivity index (χ4n) is 5.48. The normalized spacial score (nSPS) is 19.5. The van der Waals surface area contributed by atoms with E-state index in [1.165, 1.54) is 22.3 Å². The van der Waals surface area contributed by atoms with E-state index in [2.05, 4.69) is 67.6 Å². The van der Waals surface area contributed by atoms with E-state index in [0.29, 0.717) is 44.7 Å². The molecule has 0 radical (unpaired) electrons. The molecule has 1 heterocycles. The van der Waals surface area contributed by atoms with Gasteiger partial charge in [0.05, 0.1) is 5.41 Å². The fourth-order valence-corrected chi connectivity index (χ4v) is 5.48. The maximum atomic E-state index is 13.4. The Kier molecular flexibility index (Phi) is 7.02. The summed E-state index contributed by atoms with van der Waals surface area (Å²) in [6.07, 6.45) is 9.26. The van der Waals surface area contributed by atoms with Gasteiger partial charge in [-0.25, -0.2) is 0 Å². The third kappa shape index (κ3) is 5.21. The predicted octanol–water partition coefficient (Wildman–Crippen LogP) is 5.26. The van der Waals surface area contributed by atoms with Crippen molar-refractivity contribution in [2.75, 3.05) is 27.2 Å². The number of allylic oxidation sites excluding steroid dienone is 2. The van der Waals surface area contributed by atoms with Gasteiger partial charge in [-0.3, -0.25) is 9.59 Å². The molecule has 0 bridgehead atoms. The molecular weight excluding hydrogens is 408 g/mol. The zero-order chi connectivity index (χ0) is 23.4. The first-order valence-electron chi connectivity index (χ1n) is 12.2. The Hall–Kier alpha value is -2.88. The standard InChI is InChI=1S/C29H36N2O2/c1-22-9-4-7-14-26(22)25-13-8-12-24(19-25)21-29(28(33)30(2)3)15-17-31(18-16-29)27(32)20-23-10-5-6-11-23/h4-5,7-10,12-14,19,23H,6,11,15-18,20-21H2,1-3H3/t23-/m1/s1. The number of hydrogen-bond acceptors (Lipinski definition) is 2. The smallest absolute Gasteiger partial charge is 0.228 e. The summed E-state index contributed by atoms with van der Waals surface area (Å²) in [6, 6.07) is 17.0. The van der Waals surface area contributed by atoms with Crippen LogP contribution in [0.15, 0.2) is 60.7 Å². The van der Waals surface area contributed by atoms with Crippen LogP contribution in [0, 0.1) is 18.3 Å². The van der Waals surface area contributed by atoms with Gasteiger partial charge in [0, 0.05) is 33.6 Å². The number of carbonyl (C=O) groups is 2. The Balaban J connectivity index is 1.51. The molecule has 4 rings (SSSR count). The molecule has 4 heteroatoms. The summed E-state index contributed by atoms with van der Waals surface area (Å²) in [4.78, 5) is 30.0. The summed E-state index contributed by atoms with van der Waals surface area (Å²) in [7, 11) is 3.69. The van der Waals surface area contributed by atoms with Crippen molar-refractivity contribution in [3.63, 3.8) is 0 Å². The Morgan fingerprint density at radius 1 is 1.06 bits per heavy atom. The second kappa shape index (κ2) is 9.94. The van der Waals surface area contributed by atoms with Crippen LogP contribution in [0.25, 0.3) is 11.1 Å². The topological polar surface area (TPSA) is 40.6 Å². The van der Waals surface area contributed by atoms with Crippen molar-refractivity contribution in [1.82, 2.24) is 9.80 Å². The molecule has 33 heavy (non-hydrogen) atoms. The van der Waals surface area contributed by atoms with Crippen LogP contribution in [-0.2, 0) is 16.0 Å². The lowest BCUT2D eigenvalue weighted by molar-refractivity contribution is -0.146. The Morgan fingerprint density at radius 3 is 2.48 bits per heavy atom. The summed E-state index contributed by atoms with van der Waals surface area (Å²) in [5, 5.41) is 0. The summed E-state index contributed by atoms with van der Waals surface area (Å²) in [6.45, 7) is 3.45. The average Bonchev–Trinajstić information content (AvgIpc) is 3.32. The lowest BCUT2D eigenvalue weighted by Crippen LogP contribution is -2.51. The van der Waals surface area contributed by atoms with Gasteiger partial charge in [-0.15, -0.1) is 0 Å². The number of piperidine rings is 1. The van der Waals surface area contributed by atoms with Crippen LogP contribution in [0.2, 0.25) is 0 Å². The number of rotatable bonds is 6. The van der Waals surface area contributed by atoms with Gasteiger partial charge in [0.2, 0.25) is 11.8 Å². The van der Waals surface area contributed by atoms with Crippen LogP contribution < -0.4 is 0 Å². The zero-order valence-electron chi connectivity index (χ0n) is 20.2. The molecule has 0 aromatic heterocycles. The van der Waals surface area contributed by atoms with E-state index in [4.69, 9.17) is 0 Å². The SMILES string of the molecule is Cc1ccccc1-c1cccc(CC2(C(=O)N(C)C)CCN(C(=O)C[C@@H]3C=CCC3)CC2)c1. The lowest BCUT2D eigenvalue weighted by Gasteiger charge is -2.42. The first-order chi connectivity index (χ1) is 15.9. The van der Waals surface area contributed by atoms with Gasteiger partial charge in [0.25, 0.3) is 0 Å². The average molecular weight is 445 g/mol. The van der Waals surface area contributed by atoms with Crippen molar-refractivity contribution >= 4 is 11.8 Å². The highest BCUT2D eigenvalue weighted by Gasteiger charge is 2.43. The van der Waals surface area contributed by atoms with Gasteiger partial charge < -0.3 is 9.80 Å². The Labute approximate surface area is 198 Å². The molecule has 1 aliphatic heterocycles. The summed E-state index contributed by atoms with van der Waals surface area (Å²) < 4.78 is 0. The quantitative estimate of drug-likeness (QED) is 0.571. The minimum Gasteiger partial charge on any atom is -0.348 e. The van der Waals surface area contributed by atoms with Gasteiger partial charge in [-0.2, -0.15) is 0 Å². The molecule has 1 aliphatic carbocycles. The van der Waals surface area contributed by atoms with E-state index in [-0.39, 0.29) is 11.8 Å². The molecular formula is C29H36N2O2. The van der Waals surface area contributed by atoms with E-state index < -0.39 is 5.41 Å². The number of carbonyl (C=O) groups excluding carboxylic acids is 2. The first kappa shape index (κ1) is 23.3. The van der Waals surface area contributed by atoms with Crippen molar-refractivity contribution < 1.29 is 9.59 Å². The number of aryl methyl sites for hydroxylation is 1. The Bertz CT molecular complexity index is 1030. The molecule has 4 nitrogen and oxygen atoms in total. The molecule has 0 unspecified atom stereocenters. The molecule has 1 saturated heterocycles. The van der Waals surface area contributed by atoms with Crippen LogP contribution in [0.1, 0.15) is 43.2 Å². The van der Waals surface area contributed by atoms with Gasteiger partial charge in [0.15, 0.2) is 0 Å². The highest BCUT2D eigenvalue weighted by molar-refractivity contribution is 5.84. The summed E-state index contributed by atoms with van der Waals surface area (Å²) >= 11 is 0. The number of amides is 2. The minimum absolute atomic E-state index is 0.176. The van der Waals surface area contributed by atoms with Crippen LogP contribution in [0.4, 0.5) is 0 Å². The van der Waals surface area contributed by atoms with E-state index in [1.807, 2.05) is 19.0 Å². The zero-order valence-corrected chi connectivity index (χ0v) is 20.2. The third-order valence-corrected chi connectivity index (χ3v) is 7.41. The minimum atomic E-state index is -0.460. The van der Waals surface area contributed by atoms with Gasteiger partial charge in [0.1, 0.15) is 0 Å². The number of nitrogens with zero attached hydrogens (tertiary/aromatic N) is 2. The first-order valence-corrected chi connectivity index (χ1v) is 12.2.